The molecule has 0 aliphatic rings. The second-order valence-corrected chi connectivity index (χ2v) is 1.28. The van der Waals surface area contributed by atoms with E-state index in [1.165, 1.54) is 0 Å². The first-order chi connectivity index (χ1) is 3.84. The average Bonchev–Trinajstić information content (AvgIpc) is 2.14. The molecule has 1 heterocycles. The first-order valence-electron chi connectivity index (χ1n) is 2.01. The molecular weight excluding hydrogens is 106 g/mol. The number of hydrogen-bond acceptors (Lipinski definition) is 3. The number of nitrogens with zero attached hydrogens (tertiary/aromatic N) is 3. The summed E-state index contributed by atoms with van der Waals surface area (Å²) >= 11 is 0. The Labute approximate surface area is 45.9 Å². The van der Waals surface area contributed by atoms with Crippen LogP contribution in [0.4, 0.5) is 5.88 Å². The van der Waals surface area contributed by atoms with Crippen LogP contribution in [0, 0.1) is 13.5 Å². The van der Waals surface area contributed by atoms with Gasteiger partial charge in [-0.05, 0) is 6.92 Å². The van der Waals surface area contributed by atoms with Gasteiger partial charge in [0.15, 0.2) is 0 Å². The van der Waals surface area contributed by atoms with Crippen LogP contribution in [0.15, 0.2) is 4.52 Å². The molecule has 0 amide bonds. The maximum Gasteiger partial charge on any atom is 0.390 e. The van der Waals surface area contributed by atoms with E-state index in [2.05, 4.69) is 19.7 Å². The van der Waals surface area contributed by atoms with Gasteiger partial charge in [-0.2, -0.15) is 4.85 Å². The zero-order valence-corrected chi connectivity index (χ0v) is 4.25. The second-order valence-electron chi connectivity index (χ2n) is 1.28. The molecule has 0 bridgehead atoms. The quantitative estimate of drug-likeness (QED) is 0.465. The minimum Gasteiger partial charge on any atom is -0.353 e. The van der Waals surface area contributed by atoms with Crippen molar-refractivity contribution in [2.75, 3.05) is 0 Å². The Hall–Kier alpha value is -1.37. The highest BCUT2D eigenvalue weighted by Gasteiger charge is 2.00. The Kier molecular flexibility index (Phi) is 0.968. The summed E-state index contributed by atoms with van der Waals surface area (Å²) < 4.78 is 4.40. The first kappa shape index (κ1) is 4.78. The Morgan fingerprint density at radius 3 is 2.75 bits per heavy atom. The summed E-state index contributed by atoms with van der Waals surface area (Å²) in [6.45, 7) is 8.12. The van der Waals surface area contributed by atoms with E-state index in [1.807, 2.05) is 0 Å². The van der Waals surface area contributed by atoms with Gasteiger partial charge in [-0.15, -0.1) is 5.10 Å². The van der Waals surface area contributed by atoms with E-state index in [-0.39, 0.29) is 5.88 Å². The Morgan fingerprint density at radius 1 is 1.75 bits per heavy atom. The van der Waals surface area contributed by atoms with E-state index in [0.717, 1.165) is 0 Å². The molecule has 4 nitrogen and oxygen atoms in total. The smallest absolute Gasteiger partial charge is 0.353 e. The lowest BCUT2D eigenvalue weighted by molar-refractivity contribution is 0.410. The van der Waals surface area contributed by atoms with Gasteiger partial charge >= 0.3 is 5.88 Å². The zero-order valence-electron chi connectivity index (χ0n) is 4.25. The van der Waals surface area contributed by atoms with Crippen LogP contribution >= 0.6 is 0 Å². The molecule has 0 aliphatic heterocycles. The molecule has 1 rings (SSSR count). The van der Waals surface area contributed by atoms with E-state index in [9.17, 15) is 0 Å². The van der Waals surface area contributed by atoms with Gasteiger partial charge in [0, 0.05) is 5.27 Å². The summed E-state index contributed by atoms with van der Waals surface area (Å²) in [5.74, 6) is 0.171. The van der Waals surface area contributed by atoms with Gasteiger partial charge in [0.2, 0.25) is 0 Å². The van der Waals surface area contributed by atoms with Gasteiger partial charge in [-0.25, -0.2) is 0 Å². The summed E-state index contributed by atoms with van der Waals surface area (Å²) in [7, 11) is 0. The van der Waals surface area contributed by atoms with Crippen LogP contribution < -0.4 is 0 Å². The third kappa shape index (κ3) is 0.540. The summed E-state index contributed by atoms with van der Waals surface area (Å²) in [5, 5.41) is 6.61. The van der Waals surface area contributed by atoms with E-state index >= 15 is 0 Å². The Bertz CT molecular complexity index is 221. The predicted molar refractivity (Wildman–Crippen MR) is 25.3 cm³/mol. The topological polar surface area (TPSA) is 43.3 Å². The molecule has 0 atom stereocenters. The lowest BCUT2D eigenvalue weighted by Gasteiger charge is -1.70. The molecule has 0 fully saturated rings. The van der Waals surface area contributed by atoms with Crippen LogP contribution in [-0.4, -0.2) is 10.4 Å². The standard InChI is InChI=1S/C4H3N3O/c1-3-4(5-2)8-7-6-3/h1H3. The molecular formula is C4H3N3O. The highest BCUT2D eigenvalue weighted by atomic mass is 16.5. The average molecular weight is 109 g/mol. The molecule has 0 radical (unpaired) electrons. The van der Waals surface area contributed by atoms with Gasteiger partial charge in [-0.1, -0.05) is 0 Å². The zero-order chi connectivity index (χ0) is 5.98. The molecule has 0 spiro atoms. The van der Waals surface area contributed by atoms with Crippen LogP contribution in [0.3, 0.4) is 0 Å². The van der Waals surface area contributed by atoms with Crippen LogP contribution in [-0.2, 0) is 0 Å². The highest BCUT2D eigenvalue weighted by molar-refractivity contribution is 5.34. The first-order valence-corrected chi connectivity index (χ1v) is 2.01. The lowest BCUT2D eigenvalue weighted by atomic mass is 10.5. The number of aryl methyl sites for hydroxylation is 1. The molecule has 4 heteroatoms. The summed E-state index contributed by atoms with van der Waals surface area (Å²) in [6, 6.07) is 0. The number of hydrogen-bond donors (Lipinski definition) is 0. The second kappa shape index (κ2) is 1.62. The third-order valence-corrected chi connectivity index (χ3v) is 0.729. The van der Waals surface area contributed by atoms with Gasteiger partial charge in [-0.3, -0.25) is 0 Å². The predicted octanol–water partition coefficient (Wildman–Crippen LogP) is 0.929. The van der Waals surface area contributed by atoms with E-state index < -0.39 is 0 Å². The SMILES string of the molecule is [C-]#[N+]c1onnc1C. The highest BCUT2D eigenvalue weighted by Crippen LogP contribution is 2.12. The van der Waals surface area contributed by atoms with E-state index in [0.29, 0.717) is 5.69 Å². The maximum absolute atomic E-state index is 6.45. The minimum atomic E-state index is 0.171. The molecule has 0 aromatic carbocycles. The fourth-order valence-corrected chi connectivity index (χ4v) is 0.330. The van der Waals surface area contributed by atoms with Gasteiger partial charge in [0.05, 0.1) is 6.57 Å². The summed E-state index contributed by atoms with van der Waals surface area (Å²) in [6.07, 6.45) is 0. The van der Waals surface area contributed by atoms with Crippen LogP contribution in [0.5, 0.6) is 0 Å². The number of aromatic nitrogens is 2. The third-order valence-electron chi connectivity index (χ3n) is 0.729. The van der Waals surface area contributed by atoms with Crippen molar-refractivity contribution in [3.8, 4) is 0 Å². The largest absolute Gasteiger partial charge is 0.390 e. The molecule has 1 aromatic heterocycles. The molecule has 0 unspecified atom stereocenters. The van der Waals surface area contributed by atoms with Gasteiger partial charge in [0.1, 0.15) is 5.69 Å². The van der Waals surface area contributed by atoms with Crippen LogP contribution in [0.25, 0.3) is 4.85 Å². The van der Waals surface area contributed by atoms with Crippen molar-refractivity contribution < 1.29 is 4.52 Å². The minimum absolute atomic E-state index is 0.171. The molecule has 40 valence electrons. The van der Waals surface area contributed by atoms with Gasteiger partial charge < -0.3 is 4.52 Å². The van der Waals surface area contributed by atoms with Gasteiger partial charge in [0.25, 0.3) is 0 Å². The van der Waals surface area contributed by atoms with Crippen molar-refractivity contribution in [1.29, 1.82) is 0 Å². The van der Waals surface area contributed by atoms with Crippen molar-refractivity contribution in [3.63, 3.8) is 0 Å². The van der Waals surface area contributed by atoms with Crippen LogP contribution in [0.2, 0.25) is 0 Å². The Balaban J connectivity index is 3.15. The van der Waals surface area contributed by atoms with Crippen LogP contribution in [0.1, 0.15) is 5.69 Å². The van der Waals surface area contributed by atoms with E-state index in [1.54, 1.807) is 6.92 Å². The van der Waals surface area contributed by atoms with Crippen molar-refractivity contribution >= 4 is 5.88 Å². The fourth-order valence-electron chi connectivity index (χ4n) is 0.330. The molecule has 0 N–H and O–H groups in total. The van der Waals surface area contributed by atoms with Crippen molar-refractivity contribution in [2.45, 2.75) is 6.92 Å². The summed E-state index contributed by atoms with van der Waals surface area (Å²) in [4.78, 5) is 2.99. The van der Waals surface area contributed by atoms with Crippen molar-refractivity contribution in [1.82, 2.24) is 10.4 Å². The molecule has 8 heavy (non-hydrogen) atoms. The van der Waals surface area contributed by atoms with E-state index in [4.69, 9.17) is 6.57 Å². The Morgan fingerprint density at radius 2 is 2.50 bits per heavy atom. The lowest BCUT2D eigenvalue weighted by Crippen LogP contribution is -1.66. The normalized spacial score (nSPS) is 8.50. The van der Waals surface area contributed by atoms with Crippen molar-refractivity contribution in [3.05, 3.63) is 17.1 Å². The number of rotatable bonds is 0. The molecule has 0 saturated carbocycles. The monoisotopic (exact) mass is 109 g/mol. The summed E-state index contributed by atoms with van der Waals surface area (Å²) in [5.41, 5.74) is 0.542. The maximum atomic E-state index is 6.45. The molecule has 1 aromatic rings. The van der Waals surface area contributed by atoms with Crippen molar-refractivity contribution in [2.24, 2.45) is 0 Å². The fraction of sp³-hybridized carbons (Fsp3) is 0.250. The molecule has 0 aliphatic carbocycles. The molecule has 0 saturated heterocycles.